The average molecular weight is 320 g/mol. The van der Waals surface area contributed by atoms with Gasteiger partial charge in [-0.2, -0.15) is 0 Å². The summed E-state index contributed by atoms with van der Waals surface area (Å²) in [4.78, 5) is 24.3. The fourth-order valence-electron chi connectivity index (χ4n) is 1.46. The zero-order valence-electron chi connectivity index (χ0n) is 11.2. The van der Waals surface area contributed by atoms with Crippen molar-refractivity contribution >= 4 is 35.0 Å². The van der Waals surface area contributed by atoms with Gasteiger partial charge in [-0.25, -0.2) is 4.79 Å². The Morgan fingerprint density at radius 3 is 2.45 bits per heavy atom. The van der Waals surface area contributed by atoms with Crippen LogP contribution >= 0.6 is 23.2 Å². The van der Waals surface area contributed by atoms with Crippen molar-refractivity contribution in [2.45, 2.75) is 6.42 Å². The van der Waals surface area contributed by atoms with Gasteiger partial charge in [0.25, 0.3) is 0 Å². The van der Waals surface area contributed by atoms with Gasteiger partial charge >= 0.3 is 5.97 Å². The van der Waals surface area contributed by atoms with Gasteiger partial charge in [-0.05, 0) is 26.2 Å². The molecule has 0 aromatic heterocycles. The van der Waals surface area contributed by atoms with Crippen molar-refractivity contribution in [1.29, 1.82) is 0 Å². The first-order valence-corrected chi connectivity index (χ1v) is 6.59. The van der Waals surface area contributed by atoms with E-state index in [2.05, 4.69) is 0 Å². The lowest BCUT2D eigenvalue weighted by Gasteiger charge is -2.12. The molecule has 0 fully saturated rings. The monoisotopic (exact) mass is 319 g/mol. The predicted octanol–water partition coefficient (Wildman–Crippen LogP) is 2.59. The highest BCUT2D eigenvalue weighted by atomic mass is 35.5. The number of aliphatic carboxylic acids is 1. The fourth-order valence-corrected chi connectivity index (χ4v) is 1.94. The Morgan fingerprint density at radius 1 is 1.25 bits per heavy atom. The zero-order chi connectivity index (χ0) is 15.3. The molecule has 1 aromatic carbocycles. The number of nitrogens with zero attached hydrogens (tertiary/aromatic N) is 1. The van der Waals surface area contributed by atoms with Gasteiger partial charge in [0.1, 0.15) is 10.8 Å². The van der Waals surface area contributed by atoms with E-state index in [0.29, 0.717) is 18.5 Å². The van der Waals surface area contributed by atoms with Crippen LogP contribution in [-0.2, 0) is 4.79 Å². The molecule has 0 unspecified atom stereocenters. The number of ether oxygens (including phenoxy) is 1. The van der Waals surface area contributed by atoms with E-state index in [0.717, 1.165) is 0 Å². The van der Waals surface area contributed by atoms with Crippen LogP contribution in [0.3, 0.4) is 0 Å². The maximum absolute atomic E-state index is 12.0. The topological polar surface area (TPSA) is 66.8 Å². The molecule has 0 saturated carbocycles. The van der Waals surface area contributed by atoms with Gasteiger partial charge in [0, 0.05) is 18.5 Å². The molecule has 1 N–H and O–H groups in total. The van der Waals surface area contributed by atoms with Gasteiger partial charge < -0.3 is 14.7 Å². The van der Waals surface area contributed by atoms with Crippen molar-refractivity contribution in [2.75, 3.05) is 27.2 Å². The fraction of sp³-hybridized carbons (Fsp3) is 0.385. The molecule has 1 rings (SSSR count). The molecule has 110 valence electrons. The summed E-state index contributed by atoms with van der Waals surface area (Å²) in [6.45, 7) is 0.0774. The first-order valence-electron chi connectivity index (χ1n) is 5.83. The first-order chi connectivity index (χ1) is 9.32. The Hall–Kier alpha value is -1.30. The summed E-state index contributed by atoms with van der Waals surface area (Å²) in [5.74, 6) is -1.11. The van der Waals surface area contributed by atoms with Crippen LogP contribution in [0.1, 0.15) is 16.8 Å². The molecule has 0 atom stereocenters. The van der Waals surface area contributed by atoms with Gasteiger partial charge in [-0.3, -0.25) is 4.79 Å². The number of carboxylic acids is 1. The Kier molecular flexibility index (Phi) is 6.26. The number of carboxylic acid groups (broad SMARTS) is 1. The summed E-state index contributed by atoms with van der Waals surface area (Å²) in [6.07, 6.45) is 0.318. The van der Waals surface area contributed by atoms with Crippen LogP contribution in [0.2, 0.25) is 10.0 Å². The number of rotatable bonds is 7. The summed E-state index contributed by atoms with van der Waals surface area (Å²) in [5, 5.41) is 8.67. The van der Waals surface area contributed by atoms with E-state index < -0.39 is 12.6 Å². The number of benzene rings is 1. The van der Waals surface area contributed by atoms with E-state index in [4.69, 9.17) is 33.0 Å². The molecule has 0 aliphatic heterocycles. The van der Waals surface area contributed by atoms with E-state index in [9.17, 15) is 9.59 Å². The van der Waals surface area contributed by atoms with Crippen molar-refractivity contribution in [2.24, 2.45) is 0 Å². The van der Waals surface area contributed by atoms with E-state index in [1.165, 1.54) is 12.1 Å². The maximum atomic E-state index is 12.0. The third-order valence-corrected chi connectivity index (χ3v) is 3.35. The van der Waals surface area contributed by atoms with Crippen LogP contribution in [0.5, 0.6) is 5.75 Å². The zero-order valence-corrected chi connectivity index (χ0v) is 12.7. The van der Waals surface area contributed by atoms with E-state index in [-0.39, 0.29) is 21.6 Å². The Morgan fingerprint density at radius 2 is 1.90 bits per heavy atom. The molecule has 0 spiro atoms. The van der Waals surface area contributed by atoms with Gasteiger partial charge in [-0.15, -0.1) is 0 Å². The maximum Gasteiger partial charge on any atom is 0.341 e. The van der Waals surface area contributed by atoms with E-state index in [1.54, 1.807) is 0 Å². The Labute approximate surface area is 127 Å². The standard InChI is InChI=1S/C13H15Cl2NO4/c1-16(2)6-5-9(17)8-3-4-10(13(15)12(8)14)20-7-11(18)19/h3-4H,5-7H2,1-2H3,(H,18,19). The molecule has 7 heteroatoms. The van der Waals surface area contributed by atoms with Gasteiger partial charge in [-0.1, -0.05) is 23.2 Å². The Bertz CT molecular complexity index is 517. The van der Waals surface area contributed by atoms with Crippen molar-refractivity contribution < 1.29 is 19.4 Å². The number of carbonyl (C=O) groups is 2. The smallest absolute Gasteiger partial charge is 0.341 e. The molecule has 1 aromatic rings. The lowest BCUT2D eigenvalue weighted by Crippen LogP contribution is -2.17. The molecule has 0 aliphatic rings. The van der Waals surface area contributed by atoms with Crippen molar-refractivity contribution in [3.05, 3.63) is 27.7 Å². The lowest BCUT2D eigenvalue weighted by atomic mass is 10.1. The summed E-state index contributed by atoms with van der Waals surface area (Å²) in [7, 11) is 3.73. The molecular weight excluding hydrogens is 305 g/mol. The van der Waals surface area contributed by atoms with E-state index in [1.807, 2.05) is 19.0 Å². The highest BCUT2D eigenvalue weighted by molar-refractivity contribution is 6.44. The minimum Gasteiger partial charge on any atom is -0.480 e. The Balaban J connectivity index is 2.88. The summed E-state index contributed by atoms with van der Waals surface area (Å²) < 4.78 is 4.98. The molecule has 0 bridgehead atoms. The molecule has 0 saturated heterocycles. The molecule has 0 heterocycles. The number of halogens is 2. The third kappa shape index (κ3) is 4.67. The highest BCUT2D eigenvalue weighted by Crippen LogP contribution is 2.35. The van der Waals surface area contributed by atoms with Crippen LogP contribution in [-0.4, -0.2) is 49.0 Å². The summed E-state index contributed by atoms with van der Waals surface area (Å²) in [5.41, 5.74) is 0.307. The molecule has 20 heavy (non-hydrogen) atoms. The van der Waals surface area contributed by atoms with Crippen molar-refractivity contribution in [3.8, 4) is 5.75 Å². The van der Waals surface area contributed by atoms with Gasteiger partial charge in [0.15, 0.2) is 12.4 Å². The highest BCUT2D eigenvalue weighted by Gasteiger charge is 2.17. The number of carbonyl (C=O) groups excluding carboxylic acids is 1. The quantitative estimate of drug-likeness (QED) is 0.782. The third-order valence-electron chi connectivity index (χ3n) is 2.48. The molecule has 5 nitrogen and oxygen atoms in total. The second-order valence-corrected chi connectivity index (χ2v) is 5.15. The van der Waals surface area contributed by atoms with Crippen LogP contribution in [0.25, 0.3) is 0 Å². The second kappa shape index (κ2) is 7.47. The summed E-state index contributed by atoms with van der Waals surface area (Å²) >= 11 is 12.0. The lowest BCUT2D eigenvalue weighted by molar-refractivity contribution is -0.139. The van der Waals surface area contributed by atoms with Gasteiger partial charge in [0.05, 0.1) is 5.02 Å². The van der Waals surface area contributed by atoms with Crippen LogP contribution in [0.15, 0.2) is 12.1 Å². The average Bonchev–Trinajstić information content (AvgIpc) is 2.37. The predicted molar refractivity (Wildman–Crippen MR) is 77.1 cm³/mol. The summed E-state index contributed by atoms with van der Waals surface area (Å²) in [6, 6.07) is 2.93. The van der Waals surface area contributed by atoms with Crippen LogP contribution in [0.4, 0.5) is 0 Å². The largest absolute Gasteiger partial charge is 0.480 e. The van der Waals surface area contributed by atoms with Crippen molar-refractivity contribution in [1.82, 2.24) is 4.90 Å². The normalized spacial score (nSPS) is 10.7. The minimum atomic E-state index is -1.12. The molecular formula is C13H15Cl2NO4. The number of hydrogen-bond donors (Lipinski definition) is 1. The van der Waals surface area contributed by atoms with Crippen LogP contribution in [0, 0.1) is 0 Å². The molecule has 0 radical (unpaired) electrons. The van der Waals surface area contributed by atoms with E-state index >= 15 is 0 Å². The molecule has 0 aliphatic carbocycles. The first kappa shape index (κ1) is 16.8. The van der Waals surface area contributed by atoms with Crippen LogP contribution < -0.4 is 4.74 Å². The molecule has 0 amide bonds. The van der Waals surface area contributed by atoms with Gasteiger partial charge in [0.2, 0.25) is 0 Å². The van der Waals surface area contributed by atoms with Crippen molar-refractivity contribution in [3.63, 3.8) is 0 Å². The number of ketones is 1. The minimum absolute atomic E-state index is 0.0450. The number of Topliss-reactive ketones (excluding diaryl/α,β-unsaturated/α-hetero) is 1. The second-order valence-electron chi connectivity index (χ2n) is 4.40. The number of hydrogen-bond acceptors (Lipinski definition) is 4. The SMILES string of the molecule is CN(C)CCC(=O)c1ccc(OCC(=O)O)c(Cl)c1Cl.